The van der Waals surface area contributed by atoms with E-state index in [1.165, 1.54) is 19.1 Å². The third-order valence-corrected chi connectivity index (χ3v) is 25.1. The van der Waals surface area contributed by atoms with Gasteiger partial charge in [-0.15, -0.1) is 0 Å². The molecule has 0 unspecified atom stereocenters. The highest BCUT2D eigenvalue weighted by atomic mass is 28.4. The van der Waals surface area contributed by atoms with Crippen LogP contribution in [0.3, 0.4) is 0 Å². The van der Waals surface area contributed by atoms with E-state index in [-0.39, 0.29) is 44.5 Å². The van der Waals surface area contributed by atoms with Gasteiger partial charge in [-0.1, -0.05) is 208 Å². The van der Waals surface area contributed by atoms with Gasteiger partial charge in [0.15, 0.2) is 64.2 Å². The first-order valence-electron chi connectivity index (χ1n) is 36.6. The Bertz CT molecular complexity index is 4100. The summed E-state index contributed by atoms with van der Waals surface area (Å²) in [5, 5.41) is 8.09. The molecule has 30 nitrogen and oxygen atoms in total. The van der Waals surface area contributed by atoms with E-state index >= 15 is 0 Å². The summed E-state index contributed by atoms with van der Waals surface area (Å²) in [6.07, 6.45) is -30.0. The van der Waals surface area contributed by atoms with Crippen molar-refractivity contribution < 1.29 is 114 Å². The Labute approximate surface area is 643 Å². The molecule has 21 atom stereocenters. The first-order chi connectivity index (χ1) is 53.6. The second kappa shape index (κ2) is 38.9. The first kappa shape index (κ1) is 82.9. The number of methoxy groups -OCH3 is 2. The van der Waals surface area contributed by atoms with E-state index in [1.807, 2.05) is 79.8 Å². The standard InChI is InChI=1S/C80H94N6O24Si/c1-47(2)80(5,6)111(9,10)110-79-71(101-49(4)88)65(97-44-53-35-23-14-24-36-53)67(69(109-79)74(91)93-8)107-76-59(84-86-82)63(95-42-51-31-19-12-20-32-51)61(56(102-76)45-98-72(89)54-37-25-15-26-38-54)105-78-70(100-48(3)87)64(96-43-52-33-21-13-22-34-52)66(68(108-78)73(90)92-7)106-77-58(83-85-81)62(94-41-50-29-17-11-18-30-50)60-57(103-77)46-99-75(104-60)55-39-27-16-28-40-55/h11-40,47,56-71,75-79H,41-46H2,1-10H3/t56-,57-,58-,59-,60-,61-,62-,63-,64+,65+,66+,67+,68-,69-,70-,71-,75-,76-,77-,78-,79-/m1/s1. The van der Waals surface area contributed by atoms with E-state index < -0.39 is 179 Å². The maximum absolute atomic E-state index is 15.0. The minimum atomic E-state index is -3.01. The third-order valence-electron chi connectivity index (χ3n) is 20.6. The number of azide groups is 2. The average molecular weight is 1550 g/mol. The molecule has 6 aromatic carbocycles. The van der Waals surface area contributed by atoms with Crippen molar-refractivity contribution >= 4 is 38.2 Å². The molecular weight excluding hydrogens is 1460 g/mol. The van der Waals surface area contributed by atoms with Crippen LogP contribution in [-0.2, 0) is 135 Å². The fourth-order valence-corrected chi connectivity index (χ4v) is 16.2. The normalized spacial score (nSPS) is 29.4. The predicted octanol–water partition coefficient (Wildman–Crippen LogP) is 11.6. The largest absolute Gasteiger partial charge is 0.467 e. The van der Waals surface area contributed by atoms with Crippen molar-refractivity contribution in [2.75, 3.05) is 27.4 Å². The molecule has 5 saturated heterocycles. The molecule has 0 aromatic heterocycles. The van der Waals surface area contributed by atoms with Crippen molar-refractivity contribution in [1.82, 2.24) is 0 Å². The quantitative estimate of drug-likeness (QED) is 0.00945. The van der Waals surface area contributed by atoms with Crippen LogP contribution in [0, 0.1) is 5.92 Å². The summed E-state index contributed by atoms with van der Waals surface area (Å²) < 4.78 is 126. The maximum atomic E-state index is 15.0. The zero-order chi connectivity index (χ0) is 78.8. The zero-order valence-electron chi connectivity index (χ0n) is 63.2. The molecule has 592 valence electrons. The minimum Gasteiger partial charge on any atom is -0.467 e. The smallest absolute Gasteiger partial charge is 0.338 e. The highest BCUT2D eigenvalue weighted by Crippen LogP contribution is 2.48. The van der Waals surface area contributed by atoms with Gasteiger partial charge in [-0.05, 0) is 69.5 Å². The van der Waals surface area contributed by atoms with Crippen LogP contribution in [0.1, 0.15) is 86.0 Å². The summed E-state index contributed by atoms with van der Waals surface area (Å²) in [6, 6.07) is 49.9. The number of nitrogens with zero attached hydrogens (tertiary/aromatic N) is 6. The molecule has 0 N–H and O–H groups in total. The number of hydrogen-bond donors (Lipinski definition) is 0. The molecule has 6 aromatic rings. The molecule has 0 saturated carbocycles. The van der Waals surface area contributed by atoms with E-state index in [0.717, 1.165) is 26.7 Å². The monoisotopic (exact) mass is 1550 g/mol. The highest BCUT2D eigenvalue weighted by molar-refractivity contribution is 6.74. The SMILES string of the molecule is COC(=O)[C@@H]1O[C@@H](O[C@H]2[C@H](OCc3ccccc3)[C@@H](N=[N+]=[N-])[C@@H](O[C@H]3[C@H](OCc4ccccc4)[C@@H](OC(C)=O)[C@@H](O[Si](C)(C)C(C)(C)C(C)C)O[C@H]3C(=O)OC)O[C@@H]2COC(=O)c2ccccc2)[C@H](OC(C)=O)[C@@H](OCc2ccccc2)[C@@H]1O[C@H]1O[C@@H]2CO[C@@H](c3ccccc3)O[C@H]2[C@H](OCc2ccccc2)[C@H]1N=[N+]=[N-]. The van der Waals surface area contributed by atoms with Crippen LogP contribution in [-0.4, -0.2) is 188 Å². The summed E-state index contributed by atoms with van der Waals surface area (Å²) >= 11 is 0. The molecule has 5 fully saturated rings. The van der Waals surface area contributed by atoms with Crippen molar-refractivity contribution in [1.29, 1.82) is 0 Å². The Balaban J connectivity index is 1.02. The van der Waals surface area contributed by atoms with Gasteiger partial charge in [0.2, 0.25) is 0 Å². The molecule has 0 radical (unpaired) electrons. The lowest BCUT2D eigenvalue weighted by Gasteiger charge is -2.52. The zero-order valence-corrected chi connectivity index (χ0v) is 64.2. The van der Waals surface area contributed by atoms with Gasteiger partial charge in [0.05, 0.1) is 52.8 Å². The van der Waals surface area contributed by atoms with Crippen LogP contribution < -0.4 is 0 Å². The molecule has 0 spiro atoms. The molecule has 0 bridgehead atoms. The Morgan fingerprint density at radius 2 is 0.901 bits per heavy atom. The van der Waals surface area contributed by atoms with Gasteiger partial charge in [0, 0.05) is 29.2 Å². The van der Waals surface area contributed by atoms with Gasteiger partial charge in [-0.2, -0.15) is 0 Å². The van der Waals surface area contributed by atoms with Gasteiger partial charge in [-0.25, -0.2) is 14.4 Å². The van der Waals surface area contributed by atoms with E-state index in [4.69, 9.17) is 89.7 Å². The number of carbonyl (C=O) groups excluding carboxylic acids is 5. The van der Waals surface area contributed by atoms with E-state index in [1.54, 1.807) is 103 Å². The lowest BCUT2D eigenvalue weighted by Crippen LogP contribution is -2.69. The summed E-state index contributed by atoms with van der Waals surface area (Å²) in [6.45, 7) is 12.9. The van der Waals surface area contributed by atoms with Gasteiger partial charge < -0.3 is 89.7 Å². The van der Waals surface area contributed by atoms with Gasteiger partial charge in [0.1, 0.15) is 79.7 Å². The molecular formula is C80H94N6O24Si. The fraction of sp³-hybridized carbons (Fsp3) is 0.487. The summed E-state index contributed by atoms with van der Waals surface area (Å²) in [5.74, 6) is -4.59. The van der Waals surface area contributed by atoms with Gasteiger partial charge in [-0.3, -0.25) is 9.59 Å². The van der Waals surface area contributed by atoms with Crippen molar-refractivity contribution in [2.24, 2.45) is 16.1 Å². The molecule has 11 rings (SSSR count). The second-order valence-electron chi connectivity index (χ2n) is 28.5. The van der Waals surface area contributed by atoms with Crippen molar-refractivity contribution in [3.8, 4) is 0 Å². The number of carbonyl (C=O) groups is 5. The molecule has 5 aliphatic rings. The fourth-order valence-electron chi connectivity index (χ4n) is 13.7. The van der Waals surface area contributed by atoms with E-state index in [2.05, 4.69) is 47.7 Å². The Morgan fingerprint density at radius 3 is 1.35 bits per heavy atom. The van der Waals surface area contributed by atoms with Gasteiger partial charge >= 0.3 is 29.8 Å². The molecule has 111 heavy (non-hydrogen) atoms. The minimum absolute atomic E-state index is 0.0101. The topological polar surface area (TPSA) is 358 Å². The van der Waals surface area contributed by atoms with Crippen molar-refractivity contribution in [2.45, 2.75) is 215 Å². The summed E-state index contributed by atoms with van der Waals surface area (Å²) in [7, 11) is -0.782. The third kappa shape index (κ3) is 20.6. The van der Waals surface area contributed by atoms with Crippen LogP contribution in [0.5, 0.6) is 0 Å². The van der Waals surface area contributed by atoms with Crippen molar-refractivity contribution in [3.63, 3.8) is 0 Å². The van der Waals surface area contributed by atoms with Crippen LogP contribution in [0.2, 0.25) is 18.1 Å². The predicted molar refractivity (Wildman–Crippen MR) is 395 cm³/mol. The number of rotatable bonds is 32. The molecule has 0 amide bonds. The Kier molecular flexibility index (Phi) is 29.1. The van der Waals surface area contributed by atoms with Crippen LogP contribution >= 0.6 is 0 Å². The number of ether oxygens (including phenoxy) is 18. The molecule has 0 aliphatic carbocycles. The molecule has 31 heteroatoms. The van der Waals surface area contributed by atoms with Crippen LogP contribution in [0.4, 0.5) is 0 Å². The number of hydrogen-bond acceptors (Lipinski definition) is 26. The Hall–Kier alpha value is -9.05. The number of benzene rings is 6. The van der Waals surface area contributed by atoms with Crippen LogP contribution in [0.25, 0.3) is 20.9 Å². The lowest BCUT2D eigenvalue weighted by molar-refractivity contribution is -0.384. The first-order valence-corrected chi connectivity index (χ1v) is 39.5. The number of esters is 5. The lowest BCUT2D eigenvalue weighted by atomic mass is 9.93. The summed E-state index contributed by atoms with van der Waals surface area (Å²) in [5.41, 5.74) is 24.8. The summed E-state index contributed by atoms with van der Waals surface area (Å²) in [4.78, 5) is 78.2. The van der Waals surface area contributed by atoms with Crippen LogP contribution in [0.15, 0.2) is 192 Å². The van der Waals surface area contributed by atoms with Crippen molar-refractivity contribution in [3.05, 3.63) is 236 Å². The maximum Gasteiger partial charge on any atom is 0.338 e. The van der Waals surface area contributed by atoms with E-state index in [0.29, 0.717) is 22.3 Å². The van der Waals surface area contributed by atoms with E-state index in [9.17, 15) is 35.0 Å². The van der Waals surface area contributed by atoms with Gasteiger partial charge in [0.25, 0.3) is 0 Å². The Morgan fingerprint density at radius 1 is 0.495 bits per heavy atom. The molecule has 5 aliphatic heterocycles. The number of fused-ring (bicyclic) bond motifs is 1. The average Bonchev–Trinajstić information content (AvgIpc) is 0.754. The highest BCUT2D eigenvalue weighted by Gasteiger charge is 2.62. The second-order valence-corrected chi connectivity index (χ2v) is 33.1. The molecule has 5 heterocycles.